The molecule has 0 aliphatic carbocycles. The van der Waals surface area contributed by atoms with Crippen LogP contribution in [0.1, 0.15) is 11.1 Å². The number of hydrogen-bond acceptors (Lipinski definition) is 4. The molecular weight excluding hydrogens is 328 g/mol. The summed E-state index contributed by atoms with van der Waals surface area (Å²) in [4.78, 5) is 12.0. The highest BCUT2D eigenvalue weighted by Crippen LogP contribution is 2.21. The molecule has 2 aromatic carbocycles. The van der Waals surface area contributed by atoms with Crippen LogP contribution in [-0.2, 0) is 16.1 Å². The van der Waals surface area contributed by atoms with E-state index in [0.29, 0.717) is 6.61 Å². The summed E-state index contributed by atoms with van der Waals surface area (Å²) in [5, 5.41) is 2.83. The van der Waals surface area contributed by atoms with Crippen molar-refractivity contribution in [2.75, 3.05) is 19.0 Å². The highest BCUT2D eigenvalue weighted by molar-refractivity contribution is 5.95. The molecule has 3 N–H and O–H groups in total. The van der Waals surface area contributed by atoms with Gasteiger partial charge in [-0.15, -0.1) is 12.4 Å². The van der Waals surface area contributed by atoms with E-state index in [4.69, 9.17) is 15.2 Å². The number of benzene rings is 2. The van der Waals surface area contributed by atoms with Crippen molar-refractivity contribution in [3.63, 3.8) is 0 Å². The number of anilines is 1. The van der Waals surface area contributed by atoms with Crippen LogP contribution in [-0.4, -0.2) is 25.7 Å². The Morgan fingerprint density at radius 3 is 2.54 bits per heavy atom. The van der Waals surface area contributed by atoms with Crippen molar-refractivity contribution >= 4 is 24.0 Å². The molecule has 130 valence electrons. The molecule has 0 aromatic heterocycles. The molecular formula is C18H23ClN2O3. The van der Waals surface area contributed by atoms with Gasteiger partial charge in [-0.25, -0.2) is 0 Å². The minimum atomic E-state index is -0.691. The van der Waals surface area contributed by atoms with Crippen molar-refractivity contribution < 1.29 is 14.3 Å². The molecule has 2 aromatic rings. The summed E-state index contributed by atoms with van der Waals surface area (Å²) in [5.41, 5.74) is 8.43. The van der Waals surface area contributed by atoms with Crippen molar-refractivity contribution in [2.45, 2.75) is 19.6 Å². The number of nitrogens with one attached hydrogen (secondary N) is 1. The molecule has 6 heteroatoms. The Balaban J connectivity index is 0.00000288. The first-order valence-electron chi connectivity index (χ1n) is 7.43. The third-order valence-electron chi connectivity index (χ3n) is 3.52. The van der Waals surface area contributed by atoms with Crippen LogP contribution in [0.3, 0.4) is 0 Å². The highest BCUT2D eigenvalue weighted by atomic mass is 35.5. The van der Waals surface area contributed by atoms with Crippen LogP contribution in [0, 0.1) is 6.92 Å². The molecule has 0 saturated heterocycles. The number of amides is 1. The van der Waals surface area contributed by atoms with Crippen LogP contribution in [0.4, 0.5) is 5.69 Å². The summed E-state index contributed by atoms with van der Waals surface area (Å²) in [6.07, 6.45) is 0. The summed E-state index contributed by atoms with van der Waals surface area (Å²) in [6, 6.07) is 14.6. The molecule has 1 amide bonds. The molecule has 0 saturated carbocycles. The number of carbonyl (C=O) groups is 1. The summed E-state index contributed by atoms with van der Waals surface area (Å²) >= 11 is 0. The topological polar surface area (TPSA) is 73.6 Å². The highest BCUT2D eigenvalue weighted by Gasteiger charge is 2.15. The summed E-state index contributed by atoms with van der Waals surface area (Å²) in [5.74, 6) is 0.541. The van der Waals surface area contributed by atoms with E-state index in [2.05, 4.69) is 5.32 Å². The lowest BCUT2D eigenvalue weighted by atomic mass is 10.1. The molecule has 0 radical (unpaired) electrons. The first-order valence-corrected chi connectivity index (χ1v) is 7.43. The Hall–Kier alpha value is -2.08. The zero-order valence-electron chi connectivity index (χ0n) is 13.8. The fraction of sp³-hybridized carbons (Fsp3) is 0.278. The lowest BCUT2D eigenvalue weighted by Gasteiger charge is -2.15. The number of hydrogen-bond donors (Lipinski definition) is 2. The zero-order valence-corrected chi connectivity index (χ0v) is 14.6. The predicted molar refractivity (Wildman–Crippen MR) is 97.7 cm³/mol. The van der Waals surface area contributed by atoms with Gasteiger partial charge in [0.15, 0.2) is 0 Å². The lowest BCUT2D eigenvalue weighted by molar-refractivity contribution is -0.118. The van der Waals surface area contributed by atoms with Crippen LogP contribution < -0.4 is 15.8 Å². The largest absolute Gasteiger partial charge is 0.489 e. The maximum absolute atomic E-state index is 12.0. The predicted octanol–water partition coefficient (Wildman–Crippen LogP) is 2.91. The number of rotatable bonds is 7. The van der Waals surface area contributed by atoms with Gasteiger partial charge < -0.3 is 20.5 Å². The summed E-state index contributed by atoms with van der Waals surface area (Å²) in [6.45, 7) is 2.56. The molecule has 0 heterocycles. The first-order chi connectivity index (χ1) is 11.1. The van der Waals surface area contributed by atoms with E-state index < -0.39 is 6.04 Å². The second-order valence-corrected chi connectivity index (χ2v) is 5.24. The first kappa shape index (κ1) is 20.0. The summed E-state index contributed by atoms with van der Waals surface area (Å²) in [7, 11) is 1.51. The maximum atomic E-state index is 12.0. The second-order valence-electron chi connectivity index (χ2n) is 5.24. The Labute approximate surface area is 148 Å². The molecule has 2 rings (SSSR count). The van der Waals surface area contributed by atoms with Crippen LogP contribution in [0.2, 0.25) is 0 Å². The van der Waals surface area contributed by atoms with Gasteiger partial charge in [0.05, 0.1) is 6.61 Å². The van der Waals surface area contributed by atoms with Crippen LogP contribution in [0.15, 0.2) is 48.5 Å². The smallest absolute Gasteiger partial charge is 0.243 e. The minimum Gasteiger partial charge on any atom is -0.489 e. The van der Waals surface area contributed by atoms with Gasteiger partial charge in [-0.3, -0.25) is 4.79 Å². The number of halogens is 1. The Bertz CT molecular complexity index is 650. The normalized spacial score (nSPS) is 11.3. The standard InChI is InChI=1S/C18H22N2O3.ClH/c1-13-14(11-23-15-8-4-3-5-9-15)7-6-10-17(13)20-18(21)16(19)12-22-2;/h3-10,16H,11-12,19H2,1-2H3,(H,20,21);1H. The Kier molecular flexibility index (Phi) is 8.26. The molecule has 0 fully saturated rings. The van der Waals surface area contributed by atoms with E-state index in [1.807, 2.05) is 55.5 Å². The fourth-order valence-corrected chi connectivity index (χ4v) is 2.13. The zero-order chi connectivity index (χ0) is 16.7. The van der Waals surface area contributed by atoms with E-state index in [1.165, 1.54) is 7.11 Å². The molecule has 0 bridgehead atoms. The van der Waals surface area contributed by atoms with Crippen molar-refractivity contribution in [1.29, 1.82) is 0 Å². The number of methoxy groups -OCH3 is 1. The molecule has 24 heavy (non-hydrogen) atoms. The van der Waals surface area contributed by atoms with Gasteiger partial charge in [0.25, 0.3) is 0 Å². The quantitative estimate of drug-likeness (QED) is 0.805. The van der Waals surface area contributed by atoms with Gasteiger partial charge in [-0.1, -0.05) is 30.3 Å². The van der Waals surface area contributed by atoms with Crippen LogP contribution >= 0.6 is 12.4 Å². The van der Waals surface area contributed by atoms with Crippen molar-refractivity contribution in [3.8, 4) is 5.75 Å². The third-order valence-corrected chi connectivity index (χ3v) is 3.52. The van der Waals surface area contributed by atoms with Gasteiger partial charge in [-0.2, -0.15) is 0 Å². The molecule has 0 spiro atoms. The molecule has 5 nitrogen and oxygen atoms in total. The minimum absolute atomic E-state index is 0. The van der Waals surface area contributed by atoms with E-state index in [1.54, 1.807) is 0 Å². The van der Waals surface area contributed by atoms with Gasteiger partial charge in [-0.05, 0) is 36.2 Å². The third kappa shape index (κ3) is 5.53. The fourth-order valence-electron chi connectivity index (χ4n) is 2.13. The van der Waals surface area contributed by atoms with Gasteiger partial charge in [0.1, 0.15) is 18.4 Å². The van der Waals surface area contributed by atoms with E-state index in [0.717, 1.165) is 22.6 Å². The number of para-hydroxylation sites is 1. The van der Waals surface area contributed by atoms with Crippen LogP contribution in [0.5, 0.6) is 5.75 Å². The van der Waals surface area contributed by atoms with Crippen molar-refractivity contribution in [3.05, 3.63) is 59.7 Å². The van der Waals surface area contributed by atoms with E-state index in [9.17, 15) is 4.79 Å². The van der Waals surface area contributed by atoms with Gasteiger partial charge >= 0.3 is 0 Å². The summed E-state index contributed by atoms with van der Waals surface area (Å²) < 4.78 is 10.7. The second kappa shape index (κ2) is 9.93. The SMILES string of the molecule is COCC(N)C(=O)Nc1cccc(COc2ccccc2)c1C.Cl. The van der Waals surface area contributed by atoms with Crippen LogP contribution in [0.25, 0.3) is 0 Å². The number of carbonyl (C=O) groups excluding carboxylic acids is 1. The molecule has 0 aliphatic rings. The van der Waals surface area contributed by atoms with Gasteiger partial charge in [0.2, 0.25) is 5.91 Å². The Morgan fingerprint density at radius 2 is 1.88 bits per heavy atom. The van der Waals surface area contributed by atoms with E-state index >= 15 is 0 Å². The van der Waals surface area contributed by atoms with Crippen molar-refractivity contribution in [2.24, 2.45) is 5.73 Å². The van der Waals surface area contributed by atoms with Crippen molar-refractivity contribution in [1.82, 2.24) is 0 Å². The average molecular weight is 351 g/mol. The number of ether oxygens (including phenoxy) is 2. The van der Waals surface area contributed by atoms with E-state index in [-0.39, 0.29) is 24.9 Å². The number of nitrogens with two attached hydrogens (primary N) is 1. The maximum Gasteiger partial charge on any atom is 0.243 e. The monoisotopic (exact) mass is 350 g/mol. The molecule has 0 aliphatic heterocycles. The van der Waals surface area contributed by atoms with Gasteiger partial charge in [0, 0.05) is 12.8 Å². The average Bonchev–Trinajstić information content (AvgIpc) is 2.56. The molecule has 1 unspecified atom stereocenters. The lowest BCUT2D eigenvalue weighted by Crippen LogP contribution is -2.39. The molecule has 1 atom stereocenters. The Morgan fingerprint density at radius 1 is 1.17 bits per heavy atom.